The van der Waals surface area contributed by atoms with Crippen molar-refractivity contribution in [2.45, 2.75) is 38.2 Å². The molecule has 1 saturated carbocycles. The van der Waals surface area contributed by atoms with E-state index in [2.05, 4.69) is 4.98 Å². The summed E-state index contributed by atoms with van der Waals surface area (Å²) in [6.45, 7) is 1.51. The second kappa shape index (κ2) is 6.19. The zero-order valence-corrected chi connectivity index (χ0v) is 13.3. The zero-order chi connectivity index (χ0) is 15.6. The van der Waals surface area contributed by atoms with Gasteiger partial charge in [0.2, 0.25) is 11.8 Å². The number of para-hydroxylation sites is 1. The van der Waals surface area contributed by atoms with Crippen molar-refractivity contribution >= 4 is 16.8 Å². The van der Waals surface area contributed by atoms with Crippen LogP contribution in [0.25, 0.3) is 10.9 Å². The number of aromatic nitrogens is 1. The molecule has 1 aromatic carbocycles. The number of rotatable bonds is 3. The first-order valence-corrected chi connectivity index (χ1v) is 8.61. The van der Waals surface area contributed by atoms with E-state index < -0.39 is 0 Å². The van der Waals surface area contributed by atoms with Gasteiger partial charge >= 0.3 is 0 Å². The number of likely N-dealkylation sites (tertiary alicyclic amines) is 1. The zero-order valence-electron chi connectivity index (χ0n) is 13.3. The fraction of sp³-hybridized carbons (Fsp3) is 0.474. The van der Waals surface area contributed by atoms with Gasteiger partial charge in [0.15, 0.2) is 0 Å². The van der Waals surface area contributed by atoms with Crippen LogP contribution in [0.2, 0.25) is 0 Å². The van der Waals surface area contributed by atoms with Gasteiger partial charge in [-0.3, -0.25) is 4.79 Å². The van der Waals surface area contributed by atoms with Crippen LogP contribution in [0.4, 0.5) is 0 Å². The number of hydrogen-bond donors (Lipinski definition) is 0. The number of benzene rings is 1. The third kappa shape index (κ3) is 3.03. The minimum Gasteiger partial charge on any atom is -0.472 e. The Morgan fingerprint density at radius 2 is 1.91 bits per heavy atom. The predicted octanol–water partition coefficient (Wildman–Crippen LogP) is 3.40. The lowest BCUT2D eigenvalue weighted by molar-refractivity contribution is -0.134. The summed E-state index contributed by atoms with van der Waals surface area (Å²) >= 11 is 0. The van der Waals surface area contributed by atoms with Gasteiger partial charge in [-0.05, 0) is 25.0 Å². The molecular formula is C19H22N2O2. The molecule has 0 spiro atoms. The normalized spacial score (nSPS) is 21.9. The number of carbonyl (C=O) groups is 1. The molecule has 4 rings (SSSR count). The summed E-state index contributed by atoms with van der Waals surface area (Å²) in [5.41, 5.74) is 0.946. The molecule has 4 heteroatoms. The molecule has 4 nitrogen and oxygen atoms in total. The highest BCUT2D eigenvalue weighted by molar-refractivity contribution is 5.79. The number of pyridine rings is 1. The molecule has 1 aliphatic heterocycles. The lowest BCUT2D eigenvalue weighted by Gasteiger charge is -2.20. The van der Waals surface area contributed by atoms with Gasteiger partial charge in [0.25, 0.3) is 0 Å². The fourth-order valence-electron chi connectivity index (χ4n) is 3.74. The number of ether oxygens (including phenoxy) is 1. The molecule has 2 heterocycles. The molecular weight excluding hydrogens is 288 g/mol. The second-order valence-corrected chi connectivity index (χ2v) is 6.64. The molecule has 2 aromatic rings. The highest BCUT2D eigenvalue weighted by Gasteiger charge is 2.33. The minimum atomic E-state index is 0.0639. The second-order valence-electron chi connectivity index (χ2n) is 6.64. The maximum absolute atomic E-state index is 12.5. The summed E-state index contributed by atoms with van der Waals surface area (Å²) in [6, 6.07) is 12.0. The first-order valence-electron chi connectivity index (χ1n) is 8.61. The van der Waals surface area contributed by atoms with Crippen LogP contribution in [0.3, 0.4) is 0 Å². The van der Waals surface area contributed by atoms with Crippen LogP contribution in [-0.4, -0.2) is 35.0 Å². The van der Waals surface area contributed by atoms with Crippen molar-refractivity contribution in [1.29, 1.82) is 0 Å². The van der Waals surface area contributed by atoms with Gasteiger partial charge in [-0.25, -0.2) is 4.98 Å². The van der Waals surface area contributed by atoms with Crippen LogP contribution in [0.1, 0.15) is 32.1 Å². The first kappa shape index (κ1) is 14.5. The number of amides is 1. The lowest BCUT2D eigenvalue weighted by Crippen LogP contribution is -2.34. The van der Waals surface area contributed by atoms with Gasteiger partial charge in [-0.2, -0.15) is 0 Å². The van der Waals surface area contributed by atoms with Gasteiger partial charge < -0.3 is 9.64 Å². The molecule has 2 aliphatic rings. The molecule has 1 aliphatic carbocycles. The molecule has 0 radical (unpaired) electrons. The summed E-state index contributed by atoms with van der Waals surface area (Å²) in [5, 5.41) is 1.12. The smallest absolute Gasteiger partial charge is 0.225 e. The minimum absolute atomic E-state index is 0.0639. The molecule has 0 N–H and O–H groups in total. The van der Waals surface area contributed by atoms with E-state index in [1.54, 1.807) is 0 Å². The van der Waals surface area contributed by atoms with E-state index in [1.165, 1.54) is 12.8 Å². The molecule has 1 atom stereocenters. The van der Waals surface area contributed by atoms with Crippen molar-refractivity contribution in [3.05, 3.63) is 36.4 Å². The largest absolute Gasteiger partial charge is 0.472 e. The third-order valence-corrected chi connectivity index (χ3v) is 5.02. The number of hydrogen-bond acceptors (Lipinski definition) is 3. The van der Waals surface area contributed by atoms with Gasteiger partial charge in [0.1, 0.15) is 6.10 Å². The third-order valence-electron chi connectivity index (χ3n) is 5.02. The highest BCUT2D eigenvalue weighted by Crippen LogP contribution is 2.28. The molecule has 1 amide bonds. The van der Waals surface area contributed by atoms with Crippen LogP contribution in [0.5, 0.6) is 5.88 Å². The van der Waals surface area contributed by atoms with E-state index in [9.17, 15) is 4.79 Å². The molecule has 1 aromatic heterocycles. The summed E-state index contributed by atoms with van der Waals surface area (Å²) in [7, 11) is 0. The standard InChI is InChI=1S/C19H22N2O2/c22-19(15-6-1-2-7-15)21-12-11-16(13-21)23-18-10-9-14-5-3-4-8-17(14)20-18/h3-5,8-10,15-16H,1-2,6-7,11-13H2/t16-/m1/s1. The van der Waals surface area contributed by atoms with Gasteiger partial charge in [-0.1, -0.05) is 31.0 Å². The van der Waals surface area contributed by atoms with Crippen LogP contribution in [0, 0.1) is 5.92 Å². The van der Waals surface area contributed by atoms with E-state index in [1.807, 2.05) is 41.3 Å². The van der Waals surface area contributed by atoms with Gasteiger partial charge in [-0.15, -0.1) is 0 Å². The lowest BCUT2D eigenvalue weighted by atomic mass is 10.1. The fourth-order valence-corrected chi connectivity index (χ4v) is 3.74. The van der Waals surface area contributed by atoms with Crippen molar-refractivity contribution in [2.24, 2.45) is 5.92 Å². The Hall–Kier alpha value is -2.10. The SMILES string of the molecule is O=C(C1CCCC1)N1CC[C@@H](Oc2ccc3ccccc3n2)C1. The Labute approximate surface area is 136 Å². The molecule has 0 bridgehead atoms. The number of carbonyl (C=O) groups excluding carboxylic acids is 1. The van der Waals surface area contributed by atoms with Crippen molar-refractivity contribution in [3.63, 3.8) is 0 Å². The average molecular weight is 310 g/mol. The van der Waals surface area contributed by atoms with E-state index in [-0.39, 0.29) is 12.0 Å². The molecule has 1 saturated heterocycles. The monoisotopic (exact) mass is 310 g/mol. The Balaban J connectivity index is 1.40. The molecule has 23 heavy (non-hydrogen) atoms. The number of nitrogens with zero attached hydrogens (tertiary/aromatic N) is 2. The highest BCUT2D eigenvalue weighted by atomic mass is 16.5. The first-order chi connectivity index (χ1) is 11.3. The molecule has 0 unspecified atom stereocenters. The van der Waals surface area contributed by atoms with Gasteiger partial charge in [0, 0.05) is 30.3 Å². The van der Waals surface area contributed by atoms with E-state index in [0.29, 0.717) is 18.3 Å². The average Bonchev–Trinajstić information content (AvgIpc) is 3.26. The Morgan fingerprint density at radius 3 is 2.78 bits per heavy atom. The van der Waals surface area contributed by atoms with Crippen LogP contribution >= 0.6 is 0 Å². The predicted molar refractivity (Wildman–Crippen MR) is 89.3 cm³/mol. The van der Waals surface area contributed by atoms with Crippen molar-refractivity contribution in [1.82, 2.24) is 9.88 Å². The van der Waals surface area contributed by atoms with Crippen molar-refractivity contribution in [2.75, 3.05) is 13.1 Å². The van der Waals surface area contributed by atoms with E-state index >= 15 is 0 Å². The molecule has 120 valence electrons. The van der Waals surface area contributed by atoms with Crippen LogP contribution in [-0.2, 0) is 4.79 Å². The summed E-state index contributed by atoms with van der Waals surface area (Å²) in [5.74, 6) is 1.25. The van der Waals surface area contributed by atoms with E-state index in [4.69, 9.17) is 4.74 Å². The summed E-state index contributed by atoms with van der Waals surface area (Å²) in [4.78, 5) is 19.0. The van der Waals surface area contributed by atoms with Crippen molar-refractivity contribution < 1.29 is 9.53 Å². The Bertz CT molecular complexity index is 709. The van der Waals surface area contributed by atoms with Crippen LogP contribution < -0.4 is 4.74 Å². The number of fused-ring (bicyclic) bond motifs is 1. The Morgan fingerprint density at radius 1 is 1.09 bits per heavy atom. The topological polar surface area (TPSA) is 42.4 Å². The Kier molecular flexibility index (Phi) is 3.90. The maximum Gasteiger partial charge on any atom is 0.225 e. The molecule has 2 fully saturated rings. The van der Waals surface area contributed by atoms with Crippen molar-refractivity contribution in [3.8, 4) is 5.88 Å². The maximum atomic E-state index is 12.5. The van der Waals surface area contributed by atoms with E-state index in [0.717, 1.165) is 36.7 Å². The summed E-state index contributed by atoms with van der Waals surface area (Å²) in [6.07, 6.45) is 5.48. The van der Waals surface area contributed by atoms with Crippen LogP contribution in [0.15, 0.2) is 36.4 Å². The van der Waals surface area contributed by atoms with Gasteiger partial charge in [0.05, 0.1) is 12.1 Å². The summed E-state index contributed by atoms with van der Waals surface area (Å²) < 4.78 is 6.02. The quantitative estimate of drug-likeness (QED) is 0.872.